The van der Waals surface area contributed by atoms with E-state index in [-0.39, 0.29) is 5.91 Å². The van der Waals surface area contributed by atoms with Gasteiger partial charge in [-0.15, -0.1) is 0 Å². The van der Waals surface area contributed by atoms with E-state index in [1.807, 2.05) is 43.3 Å². The summed E-state index contributed by atoms with van der Waals surface area (Å²) in [6.07, 6.45) is 3.17. The Morgan fingerprint density at radius 2 is 1.83 bits per heavy atom. The SMILES string of the molecule is Cc1cccc(Oc2ccc(NC(=O)c3cccnc3)cc2)c1. The van der Waals surface area contributed by atoms with E-state index < -0.39 is 0 Å². The summed E-state index contributed by atoms with van der Waals surface area (Å²) in [5, 5.41) is 2.82. The second-order valence-electron chi connectivity index (χ2n) is 5.14. The van der Waals surface area contributed by atoms with Crippen molar-refractivity contribution in [1.29, 1.82) is 0 Å². The molecule has 114 valence electrons. The molecule has 4 heteroatoms. The van der Waals surface area contributed by atoms with Gasteiger partial charge in [0.25, 0.3) is 5.91 Å². The van der Waals surface area contributed by atoms with Gasteiger partial charge in [-0.2, -0.15) is 0 Å². The largest absolute Gasteiger partial charge is 0.457 e. The minimum Gasteiger partial charge on any atom is -0.457 e. The highest BCUT2D eigenvalue weighted by atomic mass is 16.5. The summed E-state index contributed by atoms with van der Waals surface area (Å²) >= 11 is 0. The van der Waals surface area contributed by atoms with Crippen LogP contribution in [0, 0.1) is 6.92 Å². The fourth-order valence-electron chi connectivity index (χ4n) is 2.12. The lowest BCUT2D eigenvalue weighted by Gasteiger charge is -2.08. The molecule has 1 amide bonds. The number of nitrogens with zero attached hydrogens (tertiary/aromatic N) is 1. The van der Waals surface area contributed by atoms with Crippen molar-refractivity contribution in [2.45, 2.75) is 6.92 Å². The van der Waals surface area contributed by atoms with Crippen LogP contribution < -0.4 is 10.1 Å². The standard InChI is InChI=1S/C19H16N2O2/c1-14-4-2-6-18(12-14)23-17-9-7-16(8-10-17)21-19(22)15-5-3-11-20-13-15/h2-13H,1H3,(H,21,22). The van der Waals surface area contributed by atoms with Crippen LogP contribution in [0.3, 0.4) is 0 Å². The zero-order valence-electron chi connectivity index (χ0n) is 12.7. The van der Waals surface area contributed by atoms with Crippen LogP contribution in [0.15, 0.2) is 73.1 Å². The summed E-state index contributed by atoms with van der Waals surface area (Å²) in [7, 11) is 0. The predicted molar refractivity (Wildman–Crippen MR) is 89.9 cm³/mol. The molecule has 0 aliphatic heterocycles. The Balaban J connectivity index is 1.66. The number of aromatic nitrogens is 1. The number of benzene rings is 2. The highest BCUT2D eigenvalue weighted by Gasteiger charge is 2.06. The first kappa shape index (κ1) is 14.8. The molecular formula is C19H16N2O2. The number of pyridine rings is 1. The first-order valence-electron chi connectivity index (χ1n) is 7.27. The van der Waals surface area contributed by atoms with Crippen LogP contribution in [0.2, 0.25) is 0 Å². The summed E-state index contributed by atoms with van der Waals surface area (Å²) in [5.74, 6) is 1.32. The Morgan fingerprint density at radius 3 is 2.52 bits per heavy atom. The van der Waals surface area contributed by atoms with Crippen LogP contribution in [-0.2, 0) is 0 Å². The molecule has 0 unspecified atom stereocenters. The minimum absolute atomic E-state index is 0.189. The number of hydrogen-bond donors (Lipinski definition) is 1. The smallest absolute Gasteiger partial charge is 0.257 e. The van der Waals surface area contributed by atoms with Crippen LogP contribution in [0.5, 0.6) is 11.5 Å². The van der Waals surface area contributed by atoms with Crippen LogP contribution in [0.25, 0.3) is 0 Å². The topological polar surface area (TPSA) is 51.2 Å². The van der Waals surface area contributed by atoms with Gasteiger partial charge in [-0.3, -0.25) is 9.78 Å². The predicted octanol–water partition coefficient (Wildman–Crippen LogP) is 4.43. The quantitative estimate of drug-likeness (QED) is 0.775. The van der Waals surface area contributed by atoms with Crippen molar-refractivity contribution in [2.75, 3.05) is 5.32 Å². The van der Waals surface area contributed by atoms with Crippen LogP contribution in [0.4, 0.5) is 5.69 Å². The molecule has 0 atom stereocenters. The van der Waals surface area contributed by atoms with E-state index >= 15 is 0 Å². The van der Waals surface area contributed by atoms with Gasteiger partial charge in [0, 0.05) is 18.1 Å². The zero-order chi connectivity index (χ0) is 16.1. The van der Waals surface area contributed by atoms with Crippen molar-refractivity contribution < 1.29 is 9.53 Å². The maximum atomic E-state index is 12.0. The second kappa shape index (κ2) is 6.75. The van der Waals surface area contributed by atoms with Gasteiger partial charge >= 0.3 is 0 Å². The fraction of sp³-hybridized carbons (Fsp3) is 0.0526. The van der Waals surface area contributed by atoms with Crippen molar-refractivity contribution in [3.05, 3.63) is 84.2 Å². The van der Waals surface area contributed by atoms with Gasteiger partial charge < -0.3 is 10.1 Å². The maximum absolute atomic E-state index is 12.0. The van der Waals surface area contributed by atoms with Gasteiger partial charge in [0.15, 0.2) is 0 Å². The highest BCUT2D eigenvalue weighted by molar-refractivity contribution is 6.04. The molecular weight excluding hydrogens is 288 g/mol. The third-order valence-corrected chi connectivity index (χ3v) is 3.26. The van der Waals surface area contributed by atoms with Crippen molar-refractivity contribution in [3.63, 3.8) is 0 Å². The van der Waals surface area contributed by atoms with Crippen molar-refractivity contribution in [1.82, 2.24) is 4.98 Å². The van der Waals surface area contributed by atoms with Gasteiger partial charge in [0.2, 0.25) is 0 Å². The van der Waals surface area contributed by atoms with E-state index in [4.69, 9.17) is 4.74 Å². The molecule has 0 bridgehead atoms. The second-order valence-corrected chi connectivity index (χ2v) is 5.14. The molecule has 3 aromatic rings. The van der Waals surface area contributed by atoms with Gasteiger partial charge in [-0.1, -0.05) is 12.1 Å². The van der Waals surface area contributed by atoms with E-state index in [9.17, 15) is 4.79 Å². The average Bonchev–Trinajstić information content (AvgIpc) is 2.57. The minimum atomic E-state index is -0.189. The van der Waals surface area contributed by atoms with Crippen LogP contribution in [-0.4, -0.2) is 10.9 Å². The molecule has 0 radical (unpaired) electrons. The molecule has 2 aromatic carbocycles. The van der Waals surface area contributed by atoms with Crippen molar-refractivity contribution in [3.8, 4) is 11.5 Å². The van der Waals surface area contributed by atoms with E-state index in [1.54, 1.807) is 30.5 Å². The third kappa shape index (κ3) is 3.95. The van der Waals surface area contributed by atoms with E-state index in [0.29, 0.717) is 11.3 Å². The highest BCUT2D eigenvalue weighted by Crippen LogP contribution is 2.23. The first-order valence-corrected chi connectivity index (χ1v) is 7.27. The number of nitrogens with one attached hydrogen (secondary N) is 1. The molecule has 1 heterocycles. The zero-order valence-corrected chi connectivity index (χ0v) is 12.7. The van der Waals surface area contributed by atoms with Gasteiger partial charge in [-0.25, -0.2) is 0 Å². The number of hydrogen-bond acceptors (Lipinski definition) is 3. The van der Waals surface area contributed by atoms with Gasteiger partial charge in [0.1, 0.15) is 11.5 Å². The molecule has 1 N–H and O–H groups in total. The third-order valence-electron chi connectivity index (χ3n) is 3.26. The summed E-state index contributed by atoms with van der Waals surface area (Å²) in [5.41, 5.74) is 2.37. The molecule has 4 nitrogen and oxygen atoms in total. The molecule has 0 fully saturated rings. The molecule has 0 aliphatic carbocycles. The summed E-state index contributed by atoms with van der Waals surface area (Å²) in [6, 6.07) is 18.5. The Bertz CT molecular complexity index is 799. The molecule has 3 rings (SSSR count). The lowest BCUT2D eigenvalue weighted by Crippen LogP contribution is -2.11. The Morgan fingerprint density at radius 1 is 1.00 bits per heavy atom. The lowest BCUT2D eigenvalue weighted by molar-refractivity contribution is 0.102. The molecule has 23 heavy (non-hydrogen) atoms. The lowest BCUT2D eigenvalue weighted by atomic mass is 10.2. The monoisotopic (exact) mass is 304 g/mol. The summed E-state index contributed by atoms with van der Waals surface area (Å²) in [6.45, 7) is 2.02. The summed E-state index contributed by atoms with van der Waals surface area (Å²) in [4.78, 5) is 16.0. The average molecular weight is 304 g/mol. The van der Waals surface area contributed by atoms with Crippen molar-refractivity contribution >= 4 is 11.6 Å². The Hall–Kier alpha value is -3.14. The normalized spacial score (nSPS) is 10.1. The number of anilines is 1. The molecule has 0 spiro atoms. The Labute approximate surface area is 134 Å². The fourth-order valence-corrected chi connectivity index (χ4v) is 2.12. The molecule has 0 saturated carbocycles. The maximum Gasteiger partial charge on any atom is 0.257 e. The van der Waals surface area contributed by atoms with E-state index in [0.717, 1.165) is 17.1 Å². The van der Waals surface area contributed by atoms with Crippen molar-refractivity contribution in [2.24, 2.45) is 0 Å². The van der Waals surface area contributed by atoms with E-state index in [1.165, 1.54) is 6.20 Å². The molecule has 1 aromatic heterocycles. The van der Waals surface area contributed by atoms with Crippen LogP contribution in [0.1, 0.15) is 15.9 Å². The number of rotatable bonds is 4. The van der Waals surface area contributed by atoms with Gasteiger partial charge in [-0.05, 0) is 61.0 Å². The van der Waals surface area contributed by atoms with Gasteiger partial charge in [0.05, 0.1) is 5.56 Å². The molecule has 0 aliphatic rings. The number of carbonyl (C=O) groups is 1. The number of amides is 1. The van der Waals surface area contributed by atoms with E-state index in [2.05, 4.69) is 10.3 Å². The Kier molecular flexibility index (Phi) is 4.34. The summed E-state index contributed by atoms with van der Waals surface area (Å²) < 4.78 is 5.78. The molecule has 0 saturated heterocycles. The number of ether oxygens (including phenoxy) is 1. The first-order chi connectivity index (χ1) is 11.2. The van der Waals surface area contributed by atoms with Crippen LogP contribution >= 0.6 is 0 Å². The number of aryl methyl sites for hydroxylation is 1. The number of carbonyl (C=O) groups excluding carboxylic acids is 1.